The number of anilines is 2. The van der Waals surface area contributed by atoms with E-state index in [4.69, 9.17) is 4.74 Å². The van der Waals surface area contributed by atoms with Crippen molar-refractivity contribution in [2.75, 3.05) is 24.3 Å². The molecule has 1 atom stereocenters. The lowest BCUT2D eigenvalue weighted by molar-refractivity contribution is -0.128. The number of nitrogens with zero attached hydrogens (tertiary/aromatic N) is 1. The van der Waals surface area contributed by atoms with Crippen molar-refractivity contribution in [1.82, 2.24) is 4.90 Å². The Morgan fingerprint density at radius 3 is 2.54 bits per heavy atom. The van der Waals surface area contributed by atoms with Crippen molar-refractivity contribution in [3.05, 3.63) is 54.1 Å². The maximum absolute atomic E-state index is 12.6. The Balaban J connectivity index is 1.63. The molecule has 1 aliphatic heterocycles. The first-order valence-electron chi connectivity index (χ1n) is 9.04. The molecule has 1 saturated heterocycles. The number of hydrogen-bond donors (Lipinski definition) is 2. The molecule has 1 aliphatic rings. The van der Waals surface area contributed by atoms with E-state index in [1.807, 2.05) is 24.3 Å². The summed E-state index contributed by atoms with van der Waals surface area (Å²) < 4.78 is 5.34. The highest BCUT2D eigenvalue weighted by Crippen LogP contribution is 2.26. The summed E-state index contributed by atoms with van der Waals surface area (Å²) in [5.74, 6) is -0.157. The van der Waals surface area contributed by atoms with E-state index >= 15 is 0 Å². The minimum atomic E-state index is -0.424. The van der Waals surface area contributed by atoms with Gasteiger partial charge < -0.3 is 20.3 Å². The van der Waals surface area contributed by atoms with Crippen LogP contribution in [-0.4, -0.2) is 36.3 Å². The number of hydrogen-bond acceptors (Lipinski definition) is 4. The van der Waals surface area contributed by atoms with Crippen molar-refractivity contribution < 1.29 is 19.1 Å². The molecule has 1 heterocycles. The number of nitrogens with one attached hydrogen (secondary N) is 2. The number of methoxy groups -OCH3 is 1. The summed E-state index contributed by atoms with van der Waals surface area (Å²) in [6, 6.07) is 14.4. The Bertz CT molecular complexity index is 897. The fourth-order valence-corrected chi connectivity index (χ4v) is 3.26. The van der Waals surface area contributed by atoms with Gasteiger partial charge in [-0.25, -0.2) is 0 Å². The van der Waals surface area contributed by atoms with Crippen LogP contribution in [0.15, 0.2) is 48.5 Å². The van der Waals surface area contributed by atoms with Crippen molar-refractivity contribution >= 4 is 29.1 Å². The second-order valence-electron chi connectivity index (χ2n) is 6.74. The average Bonchev–Trinajstić information content (AvgIpc) is 3.03. The van der Waals surface area contributed by atoms with E-state index in [1.165, 1.54) is 6.92 Å². The summed E-state index contributed by atoms with van der Waals surface area (Å²) in [6.07, 6.45) is 0.173. The van der Waals surface area contributed by atoms with Gasteiger partial charge in [0.05, 0.1) is 13.0 Å². The highest BCUT2D eigenvalue weighted by Gasteiger charge is 2.34. The molecule has 28 heavy (non-hydrogen) atoms. The standard InChI is InChI=1S/C21H23N3O4/c1-14(25)22-17-7-5-8-18(11-17)23-21(27)16-10-20(26)24(13-16)12-15-6-3-4-9-19(15)28-2/h3-9,11,16H,10,12-13H2,1-2H3,(H,22,25)(H,23,27). The van der Waals surface area contributed by atoms with E-state index < -0.39 is 5.92 Å². The highest BCUT2D eigenvalue weighted by atomic mass is 16.5. The topological polar surface area (TPSA) is 87.7 Å². The molecule has 7 heteroatoms. The molecule has 0 radical (unpaired) electrons. The molecule has 0 aromatic heterocycles. The van der Waals surface area contributed by atoms with Gasteiger partial charge in [-0.2, -0.15) is 0 Å². The number of para-hydroxylation sites is 1. The summed E-state index contributed by atoms with van der Waals surface area (Å²) in [6.45, 7) is 2.18. The lowest BCUT2D eigenvalue weighted by Crippen LogP contribution is -2.28. The van der Waals surface area contributed by atoms with Crippen molar-refractivity contribution in [2.24, 2.45) is 5.92 Å². The van der Waals surface area contributed by atoms with Crippen LogP contribution in [0.1, 0.15) is 18.9 Å². The van der Waals surface area contributed by atoms with Crippen LogP contribution in [0.5, 0.6) is 5.75 Å². The molecule has 2 aromatic rings. The lowest BCUT2D eigenvalue weighted by atomic mass is 10.1. The van der Waals surface area contributed by atoms with E-state index in [0.29, 0.717) is 24.5 Å². The van der Waals surface area contributed by atoms with Gasteiger partial charge in [0, 0.05) is 43.4 Å². The molecule has 0 saturated carbocycles. The van der Waals surface area contributed by atoms with Crippen LogP contribution in [0.4, 0.5) is 11.4 Å². The predicted molar refractivity (Wildman–Crippen MR) is 106 cm³/mol. The number of benzene rings is 2. The van der Waals surface area contributed by atoms with E-state index in [-0.39, 0.29) is 24.1 Å². The lowest BCUT2D eigenvalue weighted by Gasteiger charge is -2.18. The molecule has 146 valence electrons. The zero-order chi connectivity index (χ0) is 20.1. The minimum absolute atomic E-state index is 0.0574. The van der Waals surface area contributed by atoms with Crippen LogP contribution < -0.4 is 15.4 Å². The van der Waals surface area contributed by atoms with Gasteiger partial charge in [0.2, 0.25) is 17.7 Å². The first-order valence-corrected chi connectivity index (χ1v) is 9.04. The smallest absolute Gasteiger partial charge is 0.229 e. The maximum atomic E-state index is 12.6. The second-order valence-corrected chi connectivity index (χ2v) is 6.74. The van der Waals surface area contributed by atoms with Gasteiger partial charge in [-0.05, 0) is 24.3 Å². The molecule has 0 bridgehead atoms. The fraction of sp³-hybridized carbons (Fsp3) is 0.286. The van der Waals surface area contributed by atoms with E-state index in [9.17, 15) is 14.4 Å². The Labute approximate surface area is 163 Å². The Morgan fingerprint density at radius 2 is 1.82 bits per heavy atom. The summed E-state index contributed by atoms with van der Waals surface area (Å²) in [4.78, 5) is 37.8. The van der Waals surface area contributed by atoms with Gasteiger partial charge in [-0.15, -0.1) is 0 Å². The molecule has 1 fully saturated rings. The van der Waals surface area contributed by atoms with Crippen molar-refractivity contribution in [3.63, 3.8) is 0 Å². The summed E-state index contributed by atoms with van der Waals surface area (Å²) >= 11 is 0. The molecular formula is C21H23N3O4. The SMILES string of the molecule is COc1ccccc1CN1CC(C(=O)Nc2cccc(NC(C)=O)c2)CC1=O. The van der Waals surface area contributed by atoms with Crippen LogP contribution >= 0.6 is 0 Å². The summed E-state index contributed by atoms with van der Waals surface area (Å²) in [7, 11) is 1.59. The second kappa shape index (κ2) is 8.56. The largest absolute Gasteiger partial charge is 0.496 e. The van der Waals surface area contributed by atoms with E-state index in [2.05, 4.69) is 10.6 Å². The quantitative estimate of drug-likeness (QED) is 0.805. The molecule has 3 amide bonds. The Kier molecular flexibility index (Phi) is 5.93. The normalized spacial score (nSPS) is 16.0. The van der Waals surface area contributed by atoms with Gasteiger partial charge in [-0.3, -0.25) is 14.4 Å². The fourth-order valence-electron chi connectivity index (χ4n) is 3.26. The zero-order valence-corrected chi connectivity index (χ0v) is 15.9. The zero-order valence-electron chi connectivity index (χ0n) is 15.9. The number of ether oxygens (including phenoxy) is 1. The van der Waals surface area contributed by atoms with Crippen molar-refractivity contribution in [2.45, 2.75) is 19.9 Å². The van der Waals surface area contributed by atoms with Crippen molar-refractivity contribution in [3.8, 4) is 5.75 Å². The monoisotopic (exact) mass is 381 g/mol. The van der Waals surface area contributed by atoms with Crippen LogP contribution in [0.2, 0.25) is 0 Å². The number of likely N-dealkylation sites (tertiary alicyclic amines) is 1. The van der Waals surface area contributed by atoms with Gasteiger partial charge in [-0.1, -0.05) is 24.3 Å². The third-order valence-corrected chi connectivity index (χ3v) is 4.59. The molecule has 7 nitrogen and oxygen atoms in total. The first-order chi connectivity index (χ1) is 13.5. The van der Waals surface area contributed by atoms with Crippen LogP contribution in [0.25, 0.3) is 0 Å². The molecular weight excluding hydrogens is 358 g/mol. The number of carbonyl (C=O) groups is 3. The molecule has 1 unspecified atom stereocenters. The third kappa shape index (κ3) is 4.68. The van der Waals surface area contributed by atoms with E-state index in [0.717, 1.165) is 11.3 Å². The molecule has 2 aromatic carbocycles. The molecule has 3 rings (SSSR count). The summed E-state index contributed by atoms with van der Waals surface area (Å²) in [5, 5.41) is 5.51. The van der Waals surface area contributed by atoms with Crippen LogP contribution in [0.3, 0.4) is 0 Å². The average molecular weight is 381 g/mol. The van der Waals surface area contributed by atoms with Gasteiger partial charge >= 0.3 is 0 Å². The predicted octanol–water partition coefficient (Wildman–Crippen LogP) is 2.64. The summed E-state index contributed by atoms with van der Waals surface area (Å²) in [5.41, 5.74) is 2.08. The molecule has 2 N–H and O–H groups in total. The number of amides is 3. The minimum Gasteiger partial charge on any atom is -0.496 e. The third-order valence-electron chi connectivity index (χ3n) is 4.59. The maximum Gasteiger partial charge on any atom is 0.229 e. The van der Waals surface area contributed by atoms with E-state index in [1.54, 1.807) is 36.3 Å². The van der Waals surface area contributed by atoms with Crippen LogP contribution in [0, 0.1) is 5.92 Å². The molecule has 0 aliphatic carbocycles. The highest BCUT2D eigenvalue weighted by molar-refractivity contribution is 5.98. The van der Waals surface area contributed by atoms with Gasteiger partial charge in [0.25, 0.3) is 0 Å². The van der Waals surface area contributed by atoms with Crippen LogP contribution in [-0.2, 0) is 20.9 Å². The first kappa shape index (κ1) is 19.4. The number of carbonyl (C=O) groups excluding carboxylic acids is 3. The Morgan fingerprint density at radius 1 is 1.11 bits per heavy atom. The van der Waals surface area contributed by atoms with Crippen molar-refractivity contribution in [1.29, 1.82) is 0 Å². The Hall–Kier alpha value is -3.35. The van der Waals surface area contributed by atoms with Gasteiger partial charge in [0.15, 0.2) is 0 Å². The number of rotatable bonds is 6. The molecule has 0 spiro atoms. The van der Waals surface area contributed by atoms with Gasteiger partial charge in [0.1, 0.15) is 5.75 Å².